The minimum atomic E-state index is 0.324. The highest BCUT2D eigenvalue weighted by molar-refractivity contribution is 5.08. The minimum Gasteiger partial charge on any atom is -0.465 e. The molecule has 0 saturated carbocycles. The predicted octanol–water partition coefficient (Wildman–Crippen LogP) is 2.97. The van der Waals surface area contributed by atoms with Crippen molar-refractivity contribution in [2.24, 2.45) is 5.92 Å². The fourth-order valence-corrected chi connectivity index (χ4v) is 2.64. The Morgan fingerprint density at radius 2 is 2.11 bits per heavy atom. The maximum atomic E-state index is 5.63. The molecule has 0 spiro atoms. The van der Waals surface area contributed by atoms with Crippen molar-refractivity contribution in [3.8, 4) is 0 Å². The van der Waals surface area contributed by atoms with Crippen molar-refractivity contribution >= 4 is 0 Å². The van der Waals surface area contributed by atoms with Crippen molar-refractivity contribution in [3.63, 3.8) is 0 Å². The Kier molecular flexibility index (Phi) is 4.84. The van der Waals surface area contributed by atoms with Crippen LogP contribution in [0.4, 0.5) is 0 Å². The molecule has 1 N–H and O–H groups in total. The summed E-state index contributed by atoms with van der Waals surface area (Å²) >= 11 is 0. The molecule has 102 valence electrons. The van der Waals surface area contributed by atoms with Gasteiger partial charge in [-0.2, -0.15) is 0 Å². The molecule has 0 aliphatic carbocycles. The summed E-state index contributed by atoms with van der Waals surface area (Å²) < 4.78 is 5.63. The molecule has 0 aromatic carbocycles. The third-order valence-electron chi connectivity index (χ3n) is 4.03. The third-order valence-corrected chi connectivity index (χ3v) is 4.03. The topological polar surface area (TPSA) is 28.4 Å². The largest absolute Gasteiger partial charge is 0.465 e. The van der Waals surface area contributed by atoms with Gasteiger partial charge in [-0.05, 0) is 77.8 Å². The van der Waals surface area contributed by atoms with E-state index in [9.17, 15) is 0 Å². The number of likely N-dealkylation sites (tertiary alicyclic amines) is 1. The molecule has 3 nitrogen and oxygen atoms in total. The lowest BCUT2D eigenvalue weighted by molar-refractivity contribution is 0.210. The van der Waals surface area contributed by atoms with Gasteiger partial charge in [0, 0.05) is 0 Å². The minimum absolute atomic E-state index is 0.324. The molecule has 1 aliphatic rings. The zero-order chi connectivity index (χ0) is 13.0. The van der Waals surface area contributed by atoms with Crippen LogP contribution in [-0.2, 0) is 0 Å². The van der Waals surface area contributed by atoms with Gasteiger partial charge in [0.15, 0.2) is 0 Å². The fraction of sp³-hybridized carbons (Fsp3) is 0.733. The number of rotatable bonds is 5. The number of piperidine rings is 1. The Morgan fingerprint density at radius 1 is 1.39 bits per heavy atom. The quantitative estimate of drug-likeness (QED) is 0.871. The van der Waals surface area contributed by atoms with Crippen LogP contribution in [0, 0.1) is 12.8 Å². The van der Waals surface area contributed by atoms with Crippen molar-refractivity contribution in [1.82, 2.24) is 10.2 Å². The summed E-state index contributed by atoms with van der Waals surface area (Å²) in [6.45, 7) is 7.78. The van der Waals surface area contributed by atoms with Gasteiger partial charge in [0.2, 0.25) is 0 Å². The number of nitrogens with zero attached hydrogens (tertiary/aromatic N) is 1. The van der Waals surface area contributed by atoms with Crippen LogP contribution in [0.2, 0.25) is 0 Å². The average molecular weight is 250 g/mol. The molecular weight excluding hydrogens is 224 g/mol. The van der Waals surface area contributed by atoms with E-state index in [1.54, 1.807) is 0 Å². The van der Waals surface area contributed by atoms with E-state index in [0.717, 1.165) is 24.0 Å². The van der Waals surface area contributed by atoms with Gasteiger partial charge in [0.05, 0.1) is 6.04 Å². The van der Waals surface area contributed by atoms with E-state index in [1.807, 2.05) is 13.0 Å². The summed E-state index contributed by atoms with van der Waals surface area (Å²) in [5.41, 5.74) is 0. The van der Waals surface area contributed by atoms with Crippen molar-refractivity contribution in [1.29, 1.82) is 0 Å². The van der Waals surface area contributed by atoms with E-state index in [-0.39, 0.29) is 0 Å². The molecule has 1 saturated heterocycles. The van der Waals surface area contributed by atoms with Crippen LogP contribution < -0.4 is 5.32 Å². The van der Waals surface area contributed by atoms with E-state index < -0.39 is 0 Å². The molecule has 1 unspecified atom stereocenters. The maximum absolute atomic E-state index is 5.63. The van der Waals surface area contributed by atoms with Gasteiger partial charge in [-0.1, -0.05) is 0 Å². The first-order chi connectivity index (χ1) is 8.65. The highest BCUT2D eigenvalue weighted by Gasteiger charge is 2.16. The van der Waals surface area contributed by atoms with Crippen LogP contribution in [0.25, 0.3) is 0 Å². The molecule has 0 amide bonds. The van der Waals surface area contributed by atoms with Gasteiger partial charge < -0.3 is 14.6 Å². The molecule has 1 fully saturated rings. The molecule has 2 rings (SSSR count). The SMILES string of the molecule is Cc1ccc(C(C)NCCC2CCN(C)CC2)o1. The second-order valence-corrected chi connectivity index (χ2v) is 5.66. The summed E-state index contributed by atoms with van der Waals surface area (Å²) in [5, 5.41) is 3.56. The summed E-state index contributed by atoms with van der Waals surface area (Å²) in [7, 11) is 2.22. The lowest BCUT2D eigenvalue weighted by Crippen LogP contribution is -2.32. The standard InChI is InChI=1S/C15H26N2O/c1-12-4-5-15(18-12)13(2)16-9-6-14-7-10-17(3)11-8-14/h4-5,13-14,16H,6-11H2,1-3H3. The summed E-state index contributed by atoms with van der Waals surface area (Å²) in [6, 6.07) is 4.43. The molecule has 2 heterocycles. The van der Waals surface area contributed by atoms with Gasteiger partial charge in [-0.3, -0.25) is 0 Å². The molecule has 18 heavy (non-hydrogen) atoms. The van der Waals surface area contributed by atoms with E-state index in [2.05, 4.69) is 30.3 Å². The molecule has 1 aliphatic heterocycles. The van der Waals surface area contributed by atoms with Crippen molar-refractivity contribution in [2.45, 2.75) is 39.2 Å². The molecule has 3 heteroatoms. The van der Waals surface area contributed by atoms with Gasteiger partial charge >= 0.3 is 0 Å². The smallest absolute Gasteiger partial charge is 0.120 e. The summed E-state index contributed by atoms with van der Waals surface area (Å²) in [6.07, 6.45) is 4.00. The number of hydrogen-bond donors (Lipinski definition) is 1. The van der Waals surface area contributed by atoms with Gasteiger partial charge in [0.1, 0.15) is 11.5 Å². The summed E-state index contributed by atoms with van der Waals surface area (Å²) in [5.74, 6) is 2.95. The molecule has 0 radical (unpaired) electrons. The Balaban J connectivity index is 1.66. The highest BCUT2D eigenvalue weighted by atomic mass is 16.3. The Morgan fingerprint density at radius 3 is 2.72 bits per heavy atom. The van der Waals surface area contributed by atoms with Crippen LogP contribution >= 0.6 is 0 Å². The van der Waals surface area contributed by atoms with Crippen LogP contribution in [0.3, 0.4) is 0 Å². The van der Waals surface area contributed by atoms with Crippen LogP contribution in [0.1, 0.15) is 43.7 Å². The van der Waals surface area contributed by atoms with Crippen molar-refractivity contribution in [2.75, 3.05) is 26.7 Å². The number of furan rings is 1. The second kappa shape index (κ2) is 6.39. The molecule has 1 aromatic heterocycles. The van der Waals surface area contributed by atoms with Crippen LogP contribution in [0.15, 0.2) is 16.5 Å². The lowest BCUT2D eigenvalue weighted by Gasteiger charge is -2.29. The third kappa shape index (κ3) is 3.85. The number of aryl methyl sites for hydroxylation is 1. The first-order valence-electron chi connectivity index (χ1n) is 7.13. The van der Waals surface area contributed by atoms with Gasteiger partial charge in [-0.15, -0.1) is 0 Å². The van der Waals surface area contributed by atoms with Crippen LogP contribution in [0.5, 0.6) is 0 Å². The van der Waals surface area contributed by atoms with E-state index in [0.29, 0.717) is 6.04 Å². The van der Waals surface area contributed by atoms with Crippen LogP contribution in [-0.4, -0.2) is 31.6 Å². The fourth-order valence-electron chi connectivity index (χ4n) is 2.64. The normalized spacial score (nSPS) is 20.2. The first kappa shape index (κ1) is 13.6. The second-order valence-electron chi connectivity index (χ2n) is 5.66. The molecule has 1 aromatic rings. The zero-order valence-corrected chi connectivity index (χ0v) is 11.9. The molecular formula is C15H26N2O. The van der Waals surface area contributed by atoms with Gasteiger partial charge in [-0.25, -0.2) is 0 Å². The molecule has 1 atom stereocenters. The zero-order valence-electron chi connectivity index (χ0n) is 11.9. The van der Waals surface area contributed by atoms with E-state index >= 15 is 0 Å². The monoisotopic (exact) mass is 250 g/mol. The number of nitrogens with one attached hydrogen (secondary N) is 1. The van der Waals surface area contributed by atoms with Crippen molar-refractivity contribution in [3.05, 3.63) is 23.7 Å². The average Bonchev–Trinajstić information content (AvgIpc) is 2.78. The summed E-state index contributed by atoms with van der Waals surface area (Å²) in [4.78, 5) is 2.43. The van der Waals surface area contributed by atoms with Crippen molar-refractivity contribution < 1.29 is 4.42 Å². The first-order valence-corrected chi connectivity index (χ1v) is 7.13. The Labute approximate surface area is 111 Å². The highest BCUT2D eigenvalue weighted by Crippen LogP contribution is 2.20. The molecule has 0 bridgehead atoms. The van der Waals surface area contributed by atoms with E-state index in [1.165, 1.54) is 32.4 Å². The van der Waals surface area contributed by atoms with E-state index in [4.69, 9.17) is 4.42 Å². The number of hydrogen-bond acceptors (Lipinski definition) is 3. The Hall–Kier alpha value is -0.800. The Bertz CT molecular complexity index is 353. The lowest BCUT2D eigenvalue weighted by atomic mass is 9.94. The predicted molar refractivity (Wildman–Crippen MR) is 74.7 cm³/mol. The van der Waals surface area contributed by atoms with Gasteiger partial charge in [0.25, 0.3) is 0 Å². The maximum Gasteiger partial charge on any atom is 0.120 e.